The number of nitrogens with one attached hydrogen (secondary N) is 1. The van der Waals surface area contributed by atoms with E-state index in [-0.39, 0.29) is 0 Å². The number of hydrogen-bond acceptors (Lipinski definition) is 4. The highest BCUT2D eigenvalue weighted by atomic mass is 16.5. The molecule has 0 spiro atoms. The molecule has 1 aromatic heterocycles. The summed E-state index contributed by atoms with van der Waals surface area (Å²) in [6, 6.07) is 0.467. The number of aromatic nitrogens is 3. The Kier molecular flexibility index (Phi) is 6.15. The van der Waals surface area contributed by atoms with E-state index < -0.39 is 0 Å². The molecule has 0 aliphatic rings. The lowest BCUT2D eigenvalue weighted by Crippen LogP contribution is -2.21. The minimum Gasteiger partial charge on any atom is -0.377 e. The molecule has 0 aliphatic carbocycles. The lowest BCUT2D eigenvalue weighted by molar-refractivity contribution is 0.0562. The van der Waals surface area contributed by atoms with Gasteiger partial charge in [0.15, 0.2) is 0 Å². The van der Waals surface area contributed by atoms with Gasteiger partial charge in [-0.05, 0) is 13.3 Å². The van der Waals surface area contributed by atoms with Crippen LogP contribution in [0.4, 0.5) is 0 Å². The summed E-state index contributed by atoms with van der Waals surface area (Å²) in [7, 11) is 0. The fourth-order valence-corrected chi connectivity index (χ4v) is 1.30. The third kappa shape index (κ3) is 5.79. The predicted molar refractivity (Wildman–Crippen MR) is 67.7 cm³/mol. The van der Waals surface area contributed by atoms with E-state index >= 15 is 0 Å². The maximum absolute atomic E-state index is 5.60. The second-order valence-electron chi connectivity index (χ2n) is 4.60. The summed E-state index contributed by atoms with van der Waals surface area (Å²) in [4.78, 5) is 0. The molecule has 1 unspecified atom stereocenters. The van der Waals surface area contributed by atoms with E-state index in [1.54, 1.807) is 0 Å². The van der Waals surface area contributed by atoms with Crippen LogP contribution in [0.5, 0.6) is 0 Å². The monoisotopic (exact) mass is 240 g/mol. The molecule has 0 amide bonds. The summed E-state index contributed by atoms with van der Waals surface area (Å²) in [5, 5.41) is 11.5. The minimum atomic E-state index is 0.320. The lowest BCUT2D eigenvalue weighted by Gasteiger charge is -2.09. The quantitative estimate of drug-likeness (QED) is 0.749. The number of hydrogen-bond donors (Lipinski definition) is 1. The first-order chi connectivity index (χ1) is 8.11. The first-order valence-corrected chi connectivity index (χ1v) is 6.35. The number of ether oxygens (including phenoxy) is 1. The number of rotatable bonds is 8. The first-order valence-electron chi connectivity index (χ1n) is 6.35. The van der Waals surface area contributed by atoms with E-state index in [2.05, 4.69) is 43.3 Å². The van der Waals surface area contributed by atoms with E-state index in [9.17, 15) is 0 Å². The Morgan fingerprint density at radius 3 is 2.82 bits per heavy atom. The Hall–Kier alpha value is -0.940. The van der Waals surface area contributed by atoms with Crippen LogP contribution in [0.25, 0.3) is 0 Å². The fraction of sp³-hybridized carbons (Fsp3) is 0.833. The highest BCUT2D eigenvalue weighted by Crippen LogP contribution is 1.97. The van der Waals surface area contributed by atoms with Crippen molar-refractivity contribution < 1.29 is 4.74 Å². The summed E-state index contributed by atoms with van der Waals surface area (Å²) >= 11 is 0. The molecule has 1 heterocycles. The molecular formula is C12H24N4O. The summed E-state index contributed by atoms with van der Waals surface area (Å²) < 4.78 is 7.43. The smallest absolute Gasteiger partial charge is 0.0964 e. The maximum atomic E-state index is 5.60. The second kappa shape index (κ2) is 7.40. The summed E-state index contributed by atoms with van der Waals surface area (Å²) in [6.07, 6.45) is 3.33. The standard InChI is InChI=1S/C12H24N4O/c1-5-11(4)17-7-6-16-9-12(14-15-16)8-13-10(2)3/h9-11,13H,5-8H2,1-4H3. The minimum absolute atomic E-state index is 0.320. The van der Waals surface area contributed by atoms with Crippen LogP contribution in [0.2, 0.25) is 0 Å². The van der Waals surface area contributed by atoms with Crippen molar-refractivity contribution in [2.24, 2.45) is 0 Å². The van der Waals surface area contributed by atoms with Crippen LogP contribution < -0.4 is 5.32 Å². The van der Waals surface area contributed by atoms with Crippen molar-refractivity contribution >= 4 is 0 Å². The molecule has 0 aromatic carbocycles. The summed E-state index contributed by atoms with van der Waals surface area (Å²) in [5.74, 6) is 0. The zero-order chi connectivity index (χ0) is 12.7. The average Bonchev–Trinajstić information content (AvgIpc) is 2.74. The molecule has 17 heavy (non-hydrogen) atoms. The van der Waals surface area contributed by atoms with Gasteiger partial charge in [-0.2, -0.15) is 0 Å². The van der Waals surface area contributed by atoms with Gasteiger partial charge < -0.3 is 10.1 Å². The SMILES string of the molecule is CCC(C)OCCn1cc(CNC(C)C)nn1. The van der Waals surface area contributed by atoms with Crippen LogP contribution in [-0.2, 0) is 17.8 Å². The molecule has 0 aliphatic heterocycles. The van der Waals surface area contributed by atoms with Crippen molar-refractivity contribution in [1.29, 1.82) is 0 Å². The molecule has 1 rings (SSSR count). The van der Waals surface area contributed by atoms with Crippen LogP contribution in [-0.4, -0.2) is 33.7 Å². The zero-order valence-electron chi connectivity index (χ0n) is 11.3. The molecular weight excluding hydrogens is 216 g/mol. The summed E-state index contributed by atoms with van der Waals surface area (Å²) in [5.41, 5.74) is 0.974. The molecule has 5 heteroatoms. The average molecular weight is 240 g/mol. The van der Waals surface area contributed by atoms with E-state index in [4.69, 9.17) is 4.74 Å². The maximum Gasteiger partial charge on any atom is 0.0964 e. The fourth-order valence-electron chi connectivity index (χ4n) is 1.30. The van der Waals surface area contributed by atoms with Crippen LogP contribution >= 0.6 is 0 Å². The van der Waals surface area contributed by atoms with Crippen LogP contribution in [0.1, 0.15) is 39.8 Å². The Balaban J connectivity index is 2.25. The third-order valence-corrected chi connectivity index (χ3v) is 2.58. The van der Waals surface area contributed by atoms with E-state index in [1.807, 2.05) is 10.9 Å². The molecule has 0 radical (unpaired) electrons. The topological polar surface area (TPSA) is 52.0 Å². The van der Waals surface area contributed by atoms with Crippen molar-refractivity contribution in [2.45, 2.75) is 59.4 Å². The van der Waals surface area contributed by atoms with Crippen LogP contribution in [0.15, 0.2) is 6.20 Å². The van der Waals surface area contributed by atoms with Gasteiger partial charge in [0.2, 0.25) is 0 Å². The molecule has 0 saturated carbocycles. The second-order valence-corrected chi connectivity index (χ2v) is 4.60. The van der Waals surface area contributed by atoms with E-state index in [0.717, 1.165) is 25.2 Å². The number of nitrogens with zero attached hydrogens (tertiary/aromatic N) is 3. The largest absolute Gasteiger partial charge is 0.377 e. The molecule has 5 nitrogen and oxygen atoms in total. The molecule has 1 N–H and O–H groups in total. The molecule has 98 valence electrons. The Morgan fingerprint density at radius 1 is 1.41 bits per heavy atom. The molecule has 0 saturated heterocycles. The van der Waals surface area contributed by atoms with E-state index in [1.165, 1.54) is 0 Å². The Morgan fingerprint density at radius 2 is 2.18 bits per heavy atom. The van der Waals surface area contributed by atoms with Crippen molar-refractivity contribution in [1.82, 2.24) is 20.3 Å². The van der Waals surface area contributed by atoms with Crippen LogP contribution in [0, 0.1) is 0 Å². The predicted octanol–water partition coefficient (Wildman–Crippen LogP) is 1.59. The third-order valence-electron chi connectivity index (χ3n) is 2.58. The van der Waals surface area contributed by atoms with Gasteiger partial charge in [-0.1, -0.05) is 26.0 Å². The van der Waals surface area contributed by atoms with Gasteiger partial charge in [-0.15, -0.1) is 5.10 Å². The Labute approximate surface area is 104 Å². The first kappa shape index (κ1) is 14.1. The van der Waals surface area contributed by atoms with Crippen molar-refractivity contribution in [3.63, 3.8) is 0 Å². The van der Waals surface area contributed by atoms with Gasteiger partial charge in [0.25, 0.3) is 0 Å². The van der Waals surface area contributed by atoms with Gasteiger partial charge in [-0.3, -0.25) is 0 Å². The molecule has 0 bridgehead atoms. The lowest BCUT2D eigenvalue weighted by atomic mass is 10.3. The van der Waals surface area contributed by atoms with Crippen molar-refractivity contribution in [3.05, 3.63) is 11.9 Å². The normalized spacial score (nSPS) is 13.2. The molecule has 1 aromatic rings. The van der Waals surface area contributed by atoms with Gasteiger partial charge in [0, 0.05) is 18.8 Å². The zero-order valence-corrected chi connectivity index (χ0v) is 11.3. The highest BCUT2D eigenvalue weighted by Gasteiger charge is 2.02. The molecule has 0 fully saturated rings. The highest BCUT2D eigenvalue weighted by molar-refractivity contribution is 4.91. The van der Waals surface area contributed by atoms with Gasteiger partial charge in [0.05, 0.1) is 24.9 Å². The summed E-state index contributed by atoms with van der Waals surface area (Å²) in [6.45, 7) is 10.7. The Bertz CT molecular complexity index is 311. The van der Waals surface area contributed by atoms with Crippen LogP contribution in [0.3, 0.4) is 0 Å². The van der Waals surface area contributed by atoms with Crippen molar-refractivity contribution in [3.8, 4) is 0 Å². The van der Waals surface area contributed by atoms with Crippen molar-refractivity contribution in [2.75, 3.05) is 6.61 Å². The molecule has 1 atom stereocenters. The van der Waals surface area contributed by atoms with Gasteiger partial charge in [0.1, 0.15) is 0 Å². The van der Waals surface area contributed by atoms with Gasteiger partial charge in [-0.25, -0.2) is 4.68 Å². The van der Waals surface area contributed by atoms with Gasteiger partial charge >= 0.3 is 0 Å². The van der Waals surface area contributed by atoms with E-state index in [0.29, 0.717) is 18.8 Å².